The second-order valence-electron chi connectivity index (χ2n) is 2.77. The van der Waals surface area contributed by atoms with Gasteiger partial charge in [0.05, 0.1) is 4.47 Å². The first kappa shape index (κ1) is 8.69. The van der Waals surface area contributed by atoms with Crippen LogP contribution >= 0.6 is 15.9 Å². The monoisotopic (exact) mass is 244 g/mol. The Morgan fingerprint density at radius 3 is 3.00 bits per heavy atom. The summed E-state index contributed by atoms with van der Waals surface area (Å²) in [6.07, 6.45) is 0.719. The summed E-state index contributed by atoms with van der Waals surface area (Å²) in [6, 6.07) is 1.72. The van der Waals surface area contributed by atoms with E-state index >= 15 is 0 Å². The van der Waals surface area contributed by atoms with E-state index in [9.17, 15) is 5.11 Å². The summed E-state index contributed by atoms with van der Waals surface area (Å²) < 4.78 is 11.1. The van der Waals surface area contributed by atoms with Gasteiger partial charge < -0.3 is 14.6 Å². The molecule has 4 heteroatoms. The van der Waals surface area contributed by atoms with Crippen molar-refractivity contribution in [2.24, 2.45) is 0 Å². The summed E-state index contributed by atoms with van der Waals surface area (Å²) in [7, 11) is 0. The molecule has 0 unspecified atom stereocenters. The average molecular weight is 245 g/mol. The van der Waals surface area contributed by atoms with E-state index in [1.54, 1.807) is 6.07 Å². The summed E-state index contributed by atoms with van der Waals surface area (Å²) in [4.78, 5) is 0. The van der Waals surface area contributed by atoms with Gasteiger partial charge >= 0.3 is 0 Å². The Kier molecular flexibility index (Phi) is 2.07. The number of phenols is 1. The lowest BCUT2D eigenvalue weighted by molar-refractivity contribution is 0.173. The third-order valence-electron chi connectivity index (χ3n) is 2.04. The summed E-state index contributed by atoms with van der Waals surface area (Å²) >= 11 is 3.25. The number of fused-ring (bicyclic) bond motifs is 1. The van der Waals surface area contributed by atoms with Crippen LogP contribution in [0.15, 0.2) is 10.5 Å². The number of benzene rings is 1. The van der Waals surface area contributed by atoms with E-state index in [1.807, 2.05) is 6.92 Å². The maximum absolute atomic E-state index is 9.68. The average Bonchev–Trinajstić information content (AvgIpc) is 2.54. The molecule has 0 aromatic heterocycles. The van der Waals surface area contributed by atoms with Crippen LogP contribution in [0.3, 0.4) is 0 Å². The van der Waals surface area contributed by atoms with Crippen LogP contribution < -0.4 is 9.47 Å². The van der Waals surface area contributed by atoms with E-state index in [-0.39, 0.29) is 12.5 Å². The molecule has 1 aliphatic heterocycles. The van der Waals surface area contributed by atoms with Crippen molar-refractivity contribution < 1.29 is 14.6 Å². The Hall–Kier alpha value is -0.900. The minimum absolute atomic E-state index is 0.234. The molecule has 1 aromatic carbocycles. The van der Waals surface area contributed by atoms with Crippen LogP contribution in [0.25, 0.3) is 0 Å². The quantitative estimate of drug-likeness (QED) is 0.825. The molecular formula is C9H9BrO3. The zero-order valence-electron chi connectivity index (χ0n) is 7.13. The number of ether oxygens (including phenoxy) is 2. The molecular weight excluding hydrogens is 236 g/mol. The van der Waals surface area contributed by atoms with E-state index < -0.39 is 0 Å². The molecule has 0 fully saturated rings. The molecule has 1 N–H and O–H groups in total. The van der Waals surface area contributed by atoms with Gasteiger partial charge in [0.1, 0.15) is 5.75 Å². The van der Waals surface area contributed by atoms with E-state index in [2.05, 4.69) is 15.9 Å². The summed E-state index contributed by atoms with van der Waals surface area (Å²) in [6.45, 7) is 2.20. The number of phenolic OH excluding ortho intramolecular Hbond substituents is 1. The summed E-state index contributed by atoms with van der Waals surface area (Å²) in [5.41, 5.74) is 0.793. The molecule has 1 heterocycles. The fourth-order valence-electron chi connectivity index (χ4n) is 1.39. The van der Waals surface area contributed by atoms with Crippen molar-refractivity contribution in [3.8, 4) is 17.2 Å². The standard InChI is InChI=1S/C9H9BrO3/c1-2-5-8(11)6(10)3-7-9(5)13-4-12-7/h3,11H,2,4H2,1H3. The molecule has 0 saturated carbocycles. The first-order valence-corrected chi connectivity index (χ1v) is 4.83. The molecule has 2 rings (SSSR count). The van der Waals surface area contributed by atoms with E-state index in [0.717, 1.165) is 12.0 Å². The van der Waals surface area contributed by atoms with Crippen molar-refractivity contribution in [2.45, 2.75) is 13.3 Å². The lowest BCUT2D eigenvalue weighted by Gasteiger charge is -2.07. The molecule has 1 aromatic rings. The SMILES string of the molecule is CCc1c(O)c(Br)cc2c1OCO2. The van der Waals surface area contributed by atoms with Gasteiger partial charge in [-0.1, -0.05) is 6.92 Å². The van der Waals surface area contributed by atoms with Crippen LogP contribution in [0.4, 0.5) is 0 Å². The second-order valence-corrected chi connectivity index (χ2v) is 3.63. The van der Waals surface area contributed by atoms with Gasteiger partial charge in [0.25, 0.3) is 0 Å². The Bertz CT molecular complexity index is 349. The highest BCUT2D eigenvalue weighted by Gasteiger charge is 2.21. The molecule has 0 atom stereocenters. The largest absolute Gasteiger partial charge is 0.506 e. The Morgan fingerprint density at radius 1 is 1.54 bits per heavy atom. The fourth-order valence-corrected chi connectivity index (χ4v) is 1.84. The van der Waals surface area contributed by atoms with Gasteiger partial charge in [-0.3, -0.25) is 0 Å². The highest BCUT2D eigenvalue weighted by Crippen LogP contribution is 2.44. The predicted molar refractivity (Wildman–Crippen MR) is 51.3 cm³/mol. The maximum atomic E-state index is 9.68. The molecule has 13 heavy (non-hydrogen) atoms. The molecule has 70 valence electrons. The van der Waals surface area contributed by atoms with Crippen LogP contribution in [0.2, 0.25) is 0 Å². The number of halogens is 1. The maximum Gasteiger partial charge on any atom is 0.231 e. The van der Waals surface area contributed by atoms with Gasteiger partial charge in [0.15, 0.2) is 11.5 Å². The van der Waals surface area contributed by atoms with Gasteiger partial charge in [0, 0.05) is 11.6 Å². The highest BCUT2D eigenvalue weighted by molar-refractivity contribution is 9.10. The summed E-state index contributed by atoms with van der Waals surface area (Å²) in [5, 5.41) is 9.68. The minimum Gasteiger partial charge on any atom is -0.506 e. The number of hydrogen-bond donors (Lipinski definition) is 1. The molecule has 1 aliphatic rings. The Morgan fingerprint density at radius 2 is 2.31 bits per heavy atom. The van der Waals surface area contributed by atoms with Crippen LogP contribution in [-0.4, -0.2) is 11.9 Å². The van der Waals surface area contributed by atoms with Gasteiger partial charge in [-0.05, 0) is 22.4 Å². The van der Waals surface area contributed by atoms with Gasteiger partial charge in [-0.15, -0.1) is 0 Å². The van der Waals surface area contributed by atoms with Crippen molar-refractivity contribution in [3.05, 3.63) is 16.1 Å². The number of hydrogen-bond acceptors (Lipinski definition) is 3. The van der Waals surface area contributed by atoms with Gasteiger partial charge in [-0.2, -0.15) is 0 Å². The number of rotatable bonds is 1. The van der Waals surface area contributed by atoms with Gasteiger partial charge in [-0.25, -0.2) is 0 Å². The normalized spacial score (nSPS) is 13.4. The first-order chi connectivity index (χ1) is 6.24. The van der Waals surface area contributed by atoms with Gasteiger partial charge in [0.2, 0.25) is 6.79 Å². The topological polar surface area (TPSA) is 38.7 Å². The lowest BCUT2D eigenvalue weighted by Crippen LogP contribution is -1.94. The van der Waals surface area contributed by atoms with Crippen molar-refractivity contribution in [1.82, 2.24) is 0 Å². The van der Waals surface area contributed by atoms with Crippen LogP contribution in [0.1, 0.15) is 12.5 Å². The van der Waals surface area contributed by atoms with Crippen LogP contribution in [0.5, 0.6) is 17.2 Å². The minimum atomic E-state index is 0.234. The zero-order valence-corrected chi connectivity index (χ0v) is 8.72. The molecule has 0 radical (unpaired) electrons. The molecule has 0 spiro atoms. The molecule has 0 amide bonds. The van der Waals surface area contributed by atoms with E-state index in [4.69, 9.17) is 9.47 Å². The summed E-state index contributed by atoms with van der Waals surface area (Å²) in [5.74, 6) is 1.61. The molecule has 0 bridgehead atoms. The van der Waals surface area contributed by atoms with Crippen LogP contribution in [-0.2, 0) is 6.42 Å². The van der Waals surface area contributed by atoms with E-state index in [1.165, 1.54) is 0 Å². The first-order valence-electron chi connectivity index (χ1n) is 4.04. The zero-order chi connectivity index (χ0) is 9.42. The van der Waals surface area contributed by atoms with Crippen molar-refractivity contribution in [1.29, 1.82) is 0 Å². The molecule has 0 saturated heterocycles. The third kappa shape index (κ3) is 1.25. The predicted octanol–water partition coefficient (Wildman–Crippen LogP) is 2.45. The van der Waals surface area contributed by atoms with Crippen molar-refractivity contribution in [3.63, 3.8) is 0 Å². The number of aromatic hydroxyl groups is 1. The highest BCUT2D eigenvalue weighted by atomic mass is 79.9. The molecule has 3 nitrogen and oxygen atoms in total. The smallest absolute Gasteiger partial charge is 0.231 e. The van der Waals surface area contributed by atoms with Crippen molar-refractivity contribution in [2.75, 3.05) is 6.79 Å². The second kappa shape index (κ2) is 3.10. The lowest BCUT2D eigenvalue weighted by atomic mass is 10.1. The van der Waals surface area contributed by atoms with E-state index in [0.29, 0.717) is 16.0 Å². The third-order valence-corrected chi connectivity index (χ3v) is 2.64. The van der Waals surface area contributed by atoms with Crippen LogP contribution in [0, 0.1) is 0 Å². The Balaban J connectivity index is 2.64. The Labute approximate surface area is 84.4 Å². The van der Waals surface area contributed by atoms with Crippen molar-refractivity contribution >= 4 is 15.9 Å². The molecule has 0 aliphatic carbocycles. The fraction of sp³-hybridized carbons (Fsp3) is 0.333.